The molecule has 1 aliphatic rings. The molecule has 1 aliphatic heterocycles. The number of amides is 4. The predicted molar refractivity (Wildman–Crippen MR) is 169 cm³/mol. The molecular formula is C31H21BrCl2N2O7S. The summed E-state index contributed by atoms with van der Waals surface area (Å²) in [6, 6.07) is 20.8. The second kappa shape index (κ2) is 12.8. The smallest absolute Gasteiger partial charge is 0.339 e. The summed E-state index contributed by atoms with van der Waals surface area (Å²) in [4.78, 5) is 39.4. The number of nitrogens with one attached hydrogen (secondary N) is 1. The maximum atomic E-state index is 13.3. The lowest BCUT2D eigenvalue weighted by Gasteiger charge is -2.26. The summed E-state index contributed by atoms with van der Waals surface area (Å²) in [5, 5.41) is 3.12. The van der Waals surface area contributed by atoms with Gasteiger partial charge < -0.3 is 8.92 Å². The van der Waals surface area contributed by atoms with Crippen molar-refractivity contribution < 1.29 is 31.7 Å². The van der Waals surface area contributed by atoms with Crippen LogP contribution >= 0.6 is 39.1 Å². The van der Waals surface area contributed by atoms with Crippen molar-refractivity contribution in [3.8, 4) is 11.5 Å². The van der Waals surface area contributed by atoms with Crippen LogP contribution in [0.1, 0.15) is 16.7 Å². The number of imide groups is 2. The number of anilines is 1. The molecule has 4 aromatic carbocycles. The molecule has 5 rings (SSSR count). The van der Waals surface area contributed by atoms with Gasteiger partial charge in [-0.1, -0.05) is 53.0 Å². The third-order valence-electron chi connectivity index (χ3n) is 6.38. The number of nitrogens with zero attached hydrogens (tertiary/aromatic N) is 1. The molecule has 1 heterocycles. The molecule has 1 saturated heterocycles. The number of carbonyl (C=O) groups excluding carboxylic acids is 3. The lowest BCUT2D eigenvalue weighted by molar-refractivity contribution is -0.122. The Balaban J connectivity index is 1.32. The Kier molecular flexibility index (Phi) is 9.12. The van der Waals surface area contributed by atoms with E-state index in [1.54, 1.807) is 42.5 Å². The van der Waals surface area contributed by atoms with Crippen LogP contribution < -0.4 is 19.1 Å². The minimum atomic E-state index is -4.11. The molecule has 4 amide bonds. The van der Waals surface area contributed by atoms with Crippen molar-refractivity contribution >= 4 is 78.9 Å². The van der Waals surface area contributed by atoms with E-state index >= 15 is 0 Å². The van der Waals surface area contributed by atoms with Crippen molar-refractivity contribution in [2.45, 2.75) is 18.4 Å². The normalized spacial score (nSPS) is 14.5. The van der Waals surface area contributed by atoms with Crippen LogP contribution in [-0.2, 0) is 26.3 Å². The third-order valence-corrected chi connectivity index (χ3v) is 8.84. The van der Waals surface area contributed by atoms with Gasteiger partial charge in [0.05, 0.1) is 10.2 Å². The molecule has 0 radical (unpaired) electrons. The summed E-state index contributed by atoms with van der Waals surface area (Å²) in [7, 11) is -4.11. The molecule has 9 nitrogen and oxygen atoms in total. The van der Waals surface area contributed by atoms with E-state index in [4.69, 9.17) is 32.1 Å². The lowest BCUT2D eigenvalue weighted by Crippen LogP contribution is -2.54. The van der Waals surface area contributed by atoms with Crippen LogP contribution in [0.2, 0.25) is 10.0 Å². The van der Waals surface area contributed by atoms with Gasteiger partial charge >= 0.3 is 16.1 Å². The molecule has 0 bridgehead atoms. The van der Waals surface area contributed by atoms with E-state index < -0.39 is 28.0 Å². The fraction of sp³-hybridized carbons (Fsp3) is 0.0645. The number of hydrogen-bond acceptors (Lipinski definition) is 7. The van der Waals surface area contributed by atoms with E-state index in [0.717, 1.165) is 16.0 Å². The monoisotopic (exact) mass is 714 g/mol. The Labute approximate surface area is 271 Å². The number of barbiturate groups is 1. The first-order chi connectivity index (χ1) is 20.9. The third kappa shape index (κ3) is 6.97. The predicted octanol–water partition coefficient (Wildman–Crippen LogP) is 7.08. The summed E-state index contributed by atoms with van der Waals surface area (Å²) in [5.41, 5.74) is 1.88. The number of urea groups is 1. The van der Waals surface area contributed by atoms with E-state index in [0.29, 0.717) is 21.4 Å². The zero-order valence-electron chi connectivity index (χ0n) is 22.7. The Morgan fingerprint density at radius 1 is 0.909 bits per heavy atom. The molecule has 4 aromatic rings. The Hall–Kier alpha value is -4.16. The minimum Gasteiger partial charge on any atom is -0.489 e. The van der Waals surface area contributed by atoms with Crippen molar-refractivity contribution in [1.82, 2.24) is 5.32 Å². The highest BCUT2D eigenvalue weighted by Crippen LogP contribution is 2.31. The summed E-state index contributed by atoms with van der Waals surface area (Å²) in [6.45, 7) is 2.00. The van der Waals surface area contributed by atoms with Crippen molar-refractivity contribution in [3.05, 3.63) is 122 Å². The van der Waals surface area contributed by atoms with Gasteiger partial charge in [0.1, 0.15) is 22.8 Å². The second-order valence-electron chi connectivity index (χ2n) is 9.52. The number of rotatable bonds is 8. The number of halogens is 3. The average molecular weight is 716 g/mol. The first-order valence-electron chi connectivity index (χ1n) is 12.8. The van der Waals surface area contributed by atoms with E-state index in [9.17, 15) is 22.8 Å². The minimum absolute atomic E-state index is 0.00425. The molecule has 0 aromatic heterocycles. The SMILES string of the molecule is Cc1ccc(S(=O)(=O)Oc2ccc(/C=C3\C(=O)NC(=O)N(c4ccc(OCc5ccc(Cl)cc5Cl)cc4)C3=O)cc2Br)cc1. The van der Waals surface area contributed by atoms with Gasteiger partial charge in [0.25, 0.3) is 11.8 Å². The standard InChI is InChI=1S/C31H21BrCl2N2O7S/c1-18-2-11-24(12-3-18)44(40,41)43-28-13-4-19(15-26(28)32)14-25-29(37)35-31(39)36(30(25)38)22-7-9-23(10-8-22)42-17-20-5-6-21(33)16-27(20)34/h2-16H,17H2,1H3,(H,35,37,39)/b25-14+. The number of carbonyl (C=O) groups is 3. The van der Waals surface area contributed by atoms with Gasteiger partial charge in [0.2, 0.25) is 0 Å². The molecule has 0 saturated carbocycles. The molecule has 13 heteroatoms. The first kappa shape index (κ1) is 31.3. The van der Waals surface area contributed by atoms with E-state index in [1.165, 1.54) is 48.5 Å². The average Bonchev–Trinajstić information content (AvgIpc) is 2.97. The number of benzene rings is 4. The zero-order chi connectivity index (χ0) is 31.6. The van der Waals surface area contributed by atoms with Gasteiger partial charge in [-0.05, 0) is 95.2 Å². The van der Waals surface area contributed by atoms with E-state index in [2.05, 4.69) is 21.2 Å². The van der Waals surface area contributed by atoms with Crippen LogP contribution in [0.15, 0.2) is 99.9 Å². The van der Waals surface area contributed by atoms with Crippen LogP contribution in [-0.4, -0.2) is 26.3 Å². The Bertz CT molecular complexity index is 1930. The number of ether oxygens (including phenoxy) is 1. The van der Waals surface area contributed by atoms with Crippen LogP contribution in [0.3, 0.4) is 0 Å². The molecular weight excluding hydrogens is 695 g/mol. The van der Waals surface area contributed by atoms with Crippen molar-refractivity contribution in [1.29, 1.82) is 0 Å². The molecule has 224 valence electrons. The van der Waals surface area contributed by atoms with Gasteiger partial charge in [-0.15, -0.1) is 0 Å². The molecule has 0 atom stereocenters. The van der Waals surface area contributed by atoms with Gasteiger partial charge in [0, 0.05) is 15.6 Å². The van der Waals surface area contributed by atoms with E-state index in [-0.39, 0.29) is 33.0 Å². The summed E-state index contributed by atoms with van der Waals surface area (Å²) in [5.74, 6) is -1.27. The summed E-state index contributed by atoms with van der Waals surface area (Å²) >= 11 is 15.4. The first-order valence-corrected chi connectivity index (χ1v) is 15.8. The molecule has 0 unspecified atom stereocenters. The van der Waals surface area contributed by atoms with Gasteiger partial charge in [0.15, 0.2) is 5.75 Å². The maximum Gasteiger partial charge on any atom is 0.339 e. The molecule has 0 spiro atoms. The number of aryl methyl sites for hydroxylation is 1. The van der Waals surface area contributed by atoms with Gasteiger partial charge in [-0.25, -0.2) is 9.69 Å². The lowest BCUT2D eigenvalue weighted by atomic mass is 10.1. The largest absolute Gasteiger partial charge is 0.489 e. The fourth-order valence-electron chi connectivity index (χ4n) is 4.10. The van der Waals surface area contributed by atoms with Gasteiger partial charge in [-0.2, -0.15) is 8.42 Å². The zero-order valence-corrected chi connectivity index (χ0v) is 26.6. The highest BCUT2D eigenvalue weighted by Gasteiger charge is 2.37. The van der Waals surface area contributed by atoms with Crippen LogP contribution in [0.4, 0.5) is 10.5 Å². The van der Waals surface area contributed by atoms with E-state index in [1.807, 2.05) is 6.92 Å². The highest BCUT2D eigenvalue weighted by molar-refractivity contribution is 9.10. The fourth-order valence-corrected chi connectivity index (χ4v) is 6.09. The van der Waals surface area contributed by atoms with Gasteiger partial charge in [-0.3, -0.25) is 14.9 Å². The Morgan fingerprint density at radius 3 is 2.27 bits per heavy atom. The summed E-state index contributed by atoms with van der Waals surface area (Å²) in [6.07, 6.45) is 1.29. The highest BCUT2D eigenvalue weighted by atomic mass is 79.9. The topological polar surface area (TPSA) is 119 Å². The second-order valence-corrected chi connectivity index (χ2v) is 12.8. The van der Waals surface area contributed by atoms with Crippen molar-refractivity contribution in [2.24, 2.45) is 0 Å². The quantitative estimate of drug-likeness (QED) is 0.118. The molecule has 1 N–H and O–H groups in total. The molecule has 1 fully saturated rings. The van der Waals surface area contributed by atoms with Crippen LogP contribution in [0, 0.1) is 6.92 Å². The Morgan fingerprint density at radius 2 is 1.61 bits per heavy atom. The molecule has 44 heavy (non-hydrogen) atoms. The number of hydrogen-bond donors (Lipinski definition) is 1. The van der Waals surface area contributed by atoms with Crippen molar-refractivity contribution in [3.63, 3.8) is 0 Å². The van der Waals surface area contributed by atoms with Crippen LogP contribution in [0.5, 0.6) is 11.5 Å². The maximum absolute atomic E-state index is 13.3. The summed E-state index contributed by atoms with van der Waals surface area (Å²) < 4.78 is 36.7. The van der Waals surface area contributed by atoms with Crippen LogP contribution in [0.25, 0.3) is 6.08 Å². The van der Waals surface area contributed by atoms with Crippen molar-refractivity contribution in [2.75, 3.05) is 4.90 Å². The molecule has 0 aliphatic carbocycles.